The Kier molecular flexibility index (Phi) is 6.74. The highest BCUT2D eigenvalue weighted by molar-refractivity contribution is 4.91. The summed E-state index contributed by atoms with van der Waals surface area (Å²) in [5, 5.41) is 18.3. The molecule has 94 valence electrons. The van der Waals surface area contributed by atoms with Crippen molar-refractivity contribution in [3.8, 4) is 0 Å². The first kappa shape index (κ1) is 13.7. The summed E-state index contributed by atoms with van der Waals surface area (Å²) in [7, 11) is 0. The van der Waals surface area contributed by atoms with Gasteiger partial charge in [-0.15, -0.1) is 0 Å². The number of rotatable bonds is 6. The fourth-order valence-electron chi connectivity index (χ4n) is 2.62. The topological polar surface area (TPSA) is 40.5 Å². The molecule has 1 fully saturated rings. The average Bonchev–Trinajstić information content (AvgIpc) is 2.33. The highest BCUT2D eigenvalue weighted by Gasteiger charge is 2.25. The smallest absolute Gasteiger partial charge is 0.0483 e. The van der Waals surface area contributed by atoms with E-state index in [0.29, 0.717) is 5.92 Å². The molecule has 0 aromatic carbocycles. The molecule has 1 saturated carbocycles. The normalized spacial score (nSPS) is 26.8. The summed E-state index contributed by atoms with van der Waals surface area (Å²) in [6.07, 6.45) is 11.9. The maximum atomic E-state index is 9.14. The first-order chi connectivity index (χ1) is 7.81. The second kappa shape index (κ2) is 7.86. The van der Waals surface area contributed by atoms with Crippen LogP contribution >= 0.6 is 0 Å². The van der Waals surface area contributed by atoms with Crippen LogP contribution in [-0.4, -0.2) is 23.4 Å². The van der Waals surface area contributed by atoms with Crippen molar-refractivity contribution in [1.29, 1.82) is 0 Å². The van der Waals surface area contributed by atoms with Gasteiger partial charge in [-0.25, -0.2) is 0 Å². The Labute approximate surface area is 99.4 Å². The molecule has 2 nitrogen and oxygen atoms in total. The third kappa shape index (κ3) is 4.26. The van der Waals surface area contributed by atoms with Gasteiger partial charge in [-0.3, -0.25) is 0 Å². The Bertz CT molecular complexity index is 189. The highest BCUT2D eigenvalue weighted by atomic mass is 16.3. The monoisotopic (exact) mass is 226 g/mol. The van der Waals surface area contributed by atoms with Crippen LogP contribution < -0.4 is 0 Å². The first-order valence-corrected chi connectivity index (χ1v) is 6.70. The zero-order valence-electron chi connectivity index (χ0n) is 10.4. The summed E-state index contributed by atoms with van der Waals surface area (Å²) < 4.78 is 0. The van der Waals surface area contributed by atoms with E-state index in [2.05, 4.69) is 19.1 Å². The van der Waals surface area contributed by atoms with Crippen LogP contribution in [0, 0.1) is 17.8 Å². The van der Waals surface area contributed by atoms with Gasteiger partial charge in [0.1, 0.15) is 0 Å². The quantitative estimate of drug-likeness (QED) is 0.684. The lowest BCUT2D eigenvalue weighted by atomic mass is 9.76. The van der Waals surface area contributed by atoms with E-state index in [4.69, 9.17) is 10.2 Å². The first-order valence-electron chi connectivity index (χ1n) is 6.70. The van der Waals surface area contributed by atoms with Crippen LogP contribution in [0.4, 0.5) is 0 Å². The van der Waals surface area contributed by atoms with E-state index in [1.165, 1.54) is 25.7 Å². The van der Waals surface area contributed by atoms with Gasteiger partial charge in [0.25, 0.3) is 0 Å². The van der Waals surface area contributed by atoms with E-state index >= 15 is 0 Å². The Morgan fingerprint density at radius 3 is 2.25 bits per heavy atom. The molecule has 0 aliphatic heterocycles. The Balaban J connectivity index is 2.27. The van der Waals surface area contributed by atoms with Crippen LogP contribution in [0.3, 0.4) is 0 Å². The second-order valence-electron chi connectivity index (χ2n) is 5.02. The third-order valence-electron chi connectivity index (χ3n) is 3.82. The Morgan fingerprint density at radius 1 is 1.12 bits per heavy atom. The van der Waals surface area contributed by atoms with E-state index < -0.39 is 0 Å². The molecule has 0 aromatic rings. The van der Waals surface area contributed by atoms with E-state index in [1.807, 2.05) is 0 Å². The number of hydrogen-bond donors (Lipinski definition) is 2. The number of aliphatic hydroxyl groups is 2. The number of hydrogen-bond acceptors (Lipinski definition) is 2. The van der Waals surface area contributed by atoms with E-state index in [1.54, 1.807) is 0 Å². The number of aliphatic hydroxyl groups excluding tert-OH is 2. The summed E-state index contributed by atoms with van der Waals surface area (Å²) in [6.45, 7) is 2.48. The van der Waals surface area contributed by atoms with Crippen LogP contribution in [0.15, 0.2) is 12.2 Å². The molecular weight excluding hydrogens is 200 g/mol. The Hall–Kier alpha value is -0.340. The van der Waals surface area contributed by atoms with Crippen molar-refractivity contribution in [2.45, 2.75) is 45.4 Å². The molecule has 0 bridgehead atoms. The number of allylic oxidation sites excluding steroid dienone is 2. The zero-order chi connectivity index (χ0) is 11.8. The predicted molar refractivity (Wildman–Crippen MR) is 67.2 cm³/mol. The molecule has 0 unspecified atom stereocenters. The molecule has 2 N–H and O–H groups in total. The fraction of sp³-hybridized carbons (Fsp3) is 0.857. The van der Waals surface area contributed by atoms with Gasteiger partial charge in [-0.1, -0.05) is 25.5 Å². The van der Waals surface area contributed by atoms with Gasteiger partial charge in [-0.05, 0) is 43.9 Å². The van der Waals surface area contributed by atoms with Crippen molar-refractivity contribution in [2.24, 2.45) is 17.8 Å². The standard InChI is InChI=1S/C14H26O2/c1-2-3-4-5-12-6-8-13(9-7-12)14(10-15)11-16/h4-5,12-16H,2-3,6-11H2,1H3/b5-4+/t12-,13-. The minimum atomic E-state index is 0.112. The van der Waals surface area contributed by atoms with Gasteiger partial charge >= 0.3 is 0 Å². The molecule has 0 radical (unpaired) electrons. The van der Waals surface area contributed by atoms with Crippen LogP contribution in [0.25, 0.3) is 0 Å². The molecule has 0 aromatic heterocycles. The van der Waals surface area contributed by atoms with Crippen molar-refractivity contribution < 1.29 is 10.2 Å². The lowest BCUT2D eigenvalue weighted by Gasteiger charge is -2.31. The lowest BCUT2D eigenvalue weighted by Crippen LogP contribution is -2.26. The lowest BCUT2D eigenvalue weighted by molar-refractivity contribution is 0.0833. The molecule has 0 spiro atoms. The molecular formula is C14H26O2. The SMILES string of the molecule is CCC/C=C/[C@H]1CC[C@H](C(CO)CO)CC1. The highest BCUT2D eigenvalue weighted by Crippen LogP contribution is 2.33. The molecule has 1 rings (SSSR count). The van der Waals surface area contributed by atoms with Crippen molar-refractivity contribution in [2.75, 3.05) is 13.2 Å². The summed E-state index contributed by atoms with van der Waals surface area (Å²) in [6, 6.07) is 0. The van der Waals surface area contributed by atoms with Crippen molar-refractivity contribution in [3.05, 3.63) is 12.2 Å². The average molecular weight is 226 g/mol. The summed E-state index contributed by atoms with van der Waals surface area (Å²) in [5.74, 6) is 1.38. The van der Waals surface area contributed by atoms with Gasteiger partial charge in [-0.2, -0.15) is 0 Å². The van der Waals surface area contributed by atoms with Crippen LogP contribution in [-0.2, 0) is 0 Å². The van der Waals surface area contributed by atoms with Crippen LogP contribution in [0.5, 0.6) is 0 Å². The fourth-order valence-corrected chi connectivity index (χ4v) is 2.62. The maximum Gasteiger partial charge on any atom is 0.0483 e. The number of unbranched alkanes of at least 4 members (excludes halogenated alkanes) is 1. The largest absolute Gasteiger partial charge is 0.396 e. The molecule has 1 aliphatic carbocycles. The molecule has 0 atom stereocenters. The van der Waals surface area contributed by atoms with E-state index in [9.17, 15) is 0 Å². The molecule has 0 amide bonds. The van der Waals surface area contributed by atoms with Crippen LogP contribution in [0.1, 0.15) is 45.4 Å². The zero-order valence-corrected chi connectivity index (χ0v) is 10.4. The Morgan fingerprint density at radius 2 is 1.75 bits per heavy atom. The molecule has 0 heterocycles. The van der Waals surface area contributed by atoms with Crippen molar-refractivity contribution in [3.63, 3.8) is 0 Å². The van der Waals surface area contributed by atoms with E-state index in [-0.39, 0.29) is 19.1 Å². The molecule has 2 heteroatoms. The summed E-state index contributed by atoms with van der Waals surface area (Å²) in [4.78, 5) is 0. The summed E-state index contributed by atoms with van der Waals surface area (Å²) in [5.41, 5.74) is 0. The van der Waals surface area contributed by atoms with Gasteiger partial charge in [0, 0.05) is 19.1 Å². The second-order valence-corrected chi connectivity index (χ2v) is 5.02. The van der Waals surface area contributed by atoms with Crippen LogP contribution in [0.2, 0.25) is 0 Å². The third-order valence-corrected chi connectivity index (χ3v) is 3.82. The van der Waals surface area contributed by atoms with Gasteiger partial charge in [0.05, 0.1) is 0 Å². The van der Waals surface area contributed by atoms with Gasteiger partial charge in [0.2, 0.25) is 0 Å². The van der Waals surface area contributed by atoms with Gasteiger partial charge in [0.15, 0.2) is 0 Å². The predicted octanol–water partition coefficient (Wildman–Crippen LogP) is 2.75. The maximum absolute atomic E-state index is 9.14. The van der Waals surface area contributed by atoms with Crippen molar-refractivity contribution in [1.82, 2.24) is 0 Å². The molecule has 16 heavy (non-hydrogen) atoms. The van der Waals surface area contributed by atoms with E-state index in [0.717, 1.165) is 18.8 Å². The molecule has 0 saturated heterocycles. The minimum absolute atomic E-state index is 0.112. The molecule has 1 aliphatic rings. The van der Waals surface area contributed by atoms with Gasteiger partial charge < -0.3 is 10.2 Å². The van der Waals surface area contributed by atoms with Crippen molar-refractivity contribution >= 4 is 0 Å². The summed E-state index contributed by atoms with van der Waals surface area (Å²) >= 11 is 0. The minimum Gasteiger partial charge on any atom is -0.396 e.